The molecule has 3 aliphatic rings. The summed E-state index contributed by atoms with van der Waals surface area (Å²) in [6.45, 7) is 7.64. The number of hydrogen-bond acceptors (Lipinski definition) is 13. The van der Waals surface area contributed by atoms with Gasteiger partial charge < -0.3 is 28.8 Å². The molecule has 3 aromatic rings. The molecule has 55 heavy (non-hydrogen) atoms. The average Bonchev–Trinajstić information content (AvgIpc) is 3.74. The highest BCUT2D eigenvalue weighted by Gasteiger charge is 2.48. The number of nitrogens with zero attached hydrogens (tertiary/aromatic N) is 1. The Hall–Kier alpha value is -5.24. The molecule has 292 valence electrons. The maximum atomic E-state index is 13.9. The Morgan fingerprint density at radius 2 is 1.45 bits per heavy atom. The van der Waals surface area contributed by atoms with Gasteiger partial charge in [-0.05, 0) is 67.6 Å². The fourth-order valence-corrected chi connectivity index (χ4v) is 7.79. The van der Waals surface area contributed by atoms with Crippen LogP contribution >= 0.6 is 7.60 Å². The Labute approximate surface area is 318 Å². The van der Waals surface area contributed by atoms with Gasteiger partial charge in [-0.1, -0.05) is 65.7 Å². The van der Waals surface area contributed by atoms with E-state index >= 15 is 0 Å². The van der Waals surface area contributed by atoms with Crippen molar-refractivity contribution >= 4 is 37.6 Å². The number of esters is 1. The first-order valence-corrected chi connectivity index (χ1v) is 19.8. The minimum atomic E-state index is -3.96. The molecule has 6 rings (SSSR count). The topological polar surface area (TPSA) is 182 Å². The SMILES string of the molecule is C[C@@H]1O[C@H](COC(=O)C(C)(C)C)C(OP(C)(=O)Oc2ccc(COC(=O)ON3C(=O)CCC3=O)cc2)C1NC(=O)OCC1c2ccccc2-c2ccccc21. The van der Waals surface area contributed by atoms with Gasteiger partial charge in [0.15, 0.2) is 0 Å². The molecule has 15 nitrogen and oxygen atoms in total. The molecule has 16 heteroatoms. The zero-order chi connectivity index (χ0) is 39.5. The quantitative estimate of drug-likeness (QED) is 0.0940. The van der Waals surface area contributed by atoms with E-state index in [2.05, 4.69) is 5.32 Å². The molecule has 3 aromatic carbocycles. The van der Waals surface area contributed by atoms with Crippen molar-refractivity contribution in [1.82, 2.24) is 10.4 Å². The lowest BCUT2D eigenvalue weighted by atomic mass is 9.97. The van der Waals surface area contributed by atoms with Crippen molar-refractivity contribution in [3.05, 3.63) is 89.5 Å². The van der Waals surface area contributed by atoms with Crippen LogP contribution in [0.5, 0.6) is 5.75 Å². The van der Waals surface area contributed by atoms with Crippen molar-refractivity contribution in [2.45, 2.75) is 77.4 Å². The van der Waals surface area contributed by atoms with Gasteiger partial charge in [0.25, 0.3) is 11.8 Å². The van der Waals surface area contributed by atoms with E-state index in [-0.39, 0.29) is 44.3 Å². The van der Waals surface area contributed by atoms with Gasteiger partial charge in [0.2, 0.25) is 0 Å². The molecule has 3 amide bonds. The number of benzene rings is 3. The molecular formula is C39H43N2O13P. The normalized spacial score (nSPS) is 21.7. The van der Waals surface area contributed by atoms with Gasteiger partial charge in [-0.2, -0.15) is 0 Å². The van der Waals surface area contributed by atoms with Gasteiger partial charge in [-0.15, -0.1) is 0 Å². The van der Waals surface area contributed by atoms with Crippen LogP contribution in [0, 0.1) is 5.41 Å². The molecule has 2 aliphatic heterocycles. The van der Waals surface area contributed by atoms with Gasteiger partial charge in [0, 0.05) is 25.4 Å². The van der Waals surface area contributed by atoms with E-state index < -0.39 is 67.4 Å². The van der Waals surface area contributed by atoms with Gasteiger partial charge in [-0.3, -0.25) is 23.7 Å². The predicted octanol–water partition coefficient (Wildman–Crippen LogP) is 6.27. The second kappa shape index (κ2) is 16.2. The summed E-state index contributed by atoms with van der Waals surface area (Å²) in [6.07, 6.45) is -4.76. The summed E-state index contributed by atoms with van der Waals surface area (Å²) in [5.74, 6) is -1.78. The summed E-state index contributed by atoms with van der Waals surface area (Å²) in [7, 11) is -3.96. The number of hydroxylamine groups is 2. The number of nitrogens with one attached hydrogen (secondary N) is 1. The van der Waals surface area contributed by atoms with Crippen LogP contribution in [0.1, 0.15) is 63.1 Å². The van der Waals surface area contributed by atoms with Crippen molar-refractivity contribution in [3.8, 4) is 16.9 Å². The molecule has 2 fully saturated rings. The van der Waals surface area contributed by atoms with E-state index in [0.717, 1.165) is 22.3 Å². The van der Waals surface area contributed by atoms with Crippen LogP contribution in [0.2, 0.25) is 0 Å². The number of fused-ring (bicyclic) bond motifs is 3. The number of carbonyl (C=O) groups excluding carboxylic acids is 5. The van der Waals surface area contributed by atoms with Crippen molar-refractivity contribution in [2.24, 2.45) is 5.41 Å². The second-order valence-electron chi connectivity index (χ2n) is 14.5. The number of hydrogen-bond donors (Lipinski definition) is 1. The van der Waals surface area contributed by atoms with Crippen LogP contribution < -0.4 is 9.84 Å². The predicted molar refractivity (Wildman–Crippen MR) is 195 cm³/mol. The molecule has 1 aliphatic carbocycles. The van der Waals surface area contributed by atoms with Crippen LogP contribution in [0.3, 0.4) is 0 Å². The zero-order valence-corrected chi connectivity index (χ0v) is 31.9. The number of alkyl carbamates (subject to hydrolysis) is 1. The Morgan fingerprint density at radius 1 is 0.855 bits per heavy atom. The zero-order valence-electron chi connectivity index (χ0n) is 31.1. The highest BCUT2D eigenvalue weighted by atomic mass is 31.2. The number of rotatable bonds is 12. The summed E-state index contributed by atoms with van der Waals surface area (Å²) in [5, 5.41) is 3.20. The Balaban J connectivity index is 1.09. The second-order valence-corrected chi connectivity index (χ2v) is 16.4. The molecule has 2 saturated heterocycles. The molecule has 2 heterocycles. The van der Waals surface area contributed by atoms with Gasteiger partial charge >= 0.3 is 25.8 Å². The van der Waals surface area contributed by atoms with Gasteiger partial charge in [0.1, 0.15) is 37.8 Å². The van der Waals surface area contributed by atoms with E-state index in [9.17, 15) is 28.5 Å². The van der Waals surface area contributed by atoms with Gasteiger partial charge in [0.05, 0.1) is 17.6 Å². The highest BCUT2D eigenvalue weighted by Crippen LogP contribution is 2.48. The van der Waals surface area contributed by atoms with Gasteiger partial charge in [-0.25, -0.2) is 14.2 Å². The lowest BCUT2D eigenvalue weighted by Crippen LogP contribution is -2.49. The van der Waals surface area contributed by atoms with Crippen LogP contribution in [-0.4, -0.2) is 79.3 Å². The maximum absolute atomic E-state index is 13.9. The standard InChI is InChI=1S/C39H43N2O13P/c1-23-34(40-37(45)49-21-30-28-12-8-6-10-26(28)27-11-7-9-13-29(27)30)35(31(51-23)22-48-36(44)39(2,3)4)54-55(5,47)53-25-16-14-24(15-17-25)20-50-38(46)52-41-32(42)18-19-33(41)43/h6-17,23,30-31,34-35H,18-22H2,1-5H3,(H,40,45)/t23-,31+,34?,35?,55?/m0/s1. The Kier molecular flexibility index (Phi) is 11.6. The van der Waals surface area contributed by atoms with Crippen molar-refractivity contribution < 1.29 is 61.4 Å². The summed E-state index contributed by atoms with van der Waals surface area (Å²) in [6, 6.07) is 21.1. The molecule has 3 unspecified atom stereocenters. The third kappa shape index (κ3) is 9.35. The smallest absolute Gasteiger partial charge is 0.462 e. The molecule has 0 radical (unpaired) electrons. The van der Waals surface area contributed by atoms with E-state index in [4.69, 9.17) is 32.8 Å². The number of imide groups is 1. The fourth-order valence-electron chi connectivity index (χ4n) is 6.54. The molecule has 0 aromatic heterocycles. The van der Waals surface area contributed by atoms with E-state index in [1.54, 1.807) is 27.7 Å². The third-order valence-electron chi connectivity index (χ3n) is 9.27. The van der Waals surface area contributed by atoms with Crippen molar-refractivity contribution in [1.29, 1.82) is 0 Å². The first kappa shape index (κ1) is 39.5. The van der Waals surface area contributed by atoms with Crippen molar-refractivity contribution in [2.75, 3.05) is 19.9 Å². The first-order valence-electron chi connectivity index (χ1n) is 17.8. The maximum Gasteiger partial charge on any atom is 0.534 e. The molecule has 1 N–H and O–H groups in total. The fraction of sp³-hybridized carbons (Fsp3) is 0.410. The molecular weight excluding hydrogens is 735 g/mol. The number of carbonyl (C=O) groups is 5. The summed E-state index contributed by atoms with van der Waals surface area (Å²) in [5.41, 5.74) is 3.96. The summed E-state index contributed by atoms with van der Waals surface area (Å²) >= 11 is 0. The molecule has 0 bridgehead atoms. The Morgan fingerprint density at radius 3 is 2.05 bits per heavy atom. The van der Waals surface area contributed by atoms with Crippen molar-refractivity contribution in [3.63, 3.8) is 0 Å². The molecule has 0 spiro atoms. The van der Waals surface area contributed by atoms with Crippen LogP contribution in [0.25, 0.3) is 11.1 Å². The summed E-state index contributed by atoms with van der Waals surface area (Å²) in [4.78, 5) is 66.0. The third-order valence-corrected chi connectivity index (χ3v) is 10.4. The van der Waals surface area contributed by atoms with Crippen LogP contribution in [0.4, 0.5) is 9.59 Å². The Bertz CT molecular complexity index is 1930. The van der Waals surface area contributed by atoms with Crippen LogP contribution in [0.15, 0.2) is 72.8 Å². The highest BCUT2D eigenvalue weighted by molar-refractivity contribution is 7.53. The largest absolute Gasteiger partial charge is 0.534 e. The van der Waals surface area contributed by atoms with Crippen LogP contribution in [-0.2, 0) is 53.9 Å². The minimum absolute atomic E-state index is 0.0492. The van der Waals surface area contributed by atoms with E-state index in [1.165, 1.54) is 30.9 Å². The summed E-state index contributed by atoms with van der Waals surface area (Å²) < 4.78 is 48.1. The molecule has 0 saturated carbocycles. The lowest BCUT2D eigenvalue weighted by Gasteiger charge is -2.28. The minimum Gasteiger partial charge on any atom is -0.462 e. The monoisotopic (exact) mass is 778 g/mol. The number of ether oxygens (including phenoxy) is 4. The van der Waals surface area contributed by atoms with E-state index in [0.29, 0.717) is 10.6 Å². The average molecular weight is 779 g/mol. The van der Waals surface area contributed by atoms with E-state index in [1.807, 2.05) is 48.5 Å². The molecule has 5 atom stereocenters. The lowest BCUT2D eigenvalue weighted by molar-refractivity contribution is -0.177. The number of amides is 3. The first-order chi connectivity index (χ1) is 26.1.